The van der Waals surface area contributed by atoms with Crippen molar-refractivity contribution in [2.45, 2.75) is 38.8 Å². The number of amides is 1. The molecule has 1 heterocycles. The van der Waals surface area contributed by atoms with Crippen molar-refractivity contribution in [1.29, 1.82) is 0 Å². The van der Waals surface area contributed by atoms with Crippen LogP contribution >= 0.6 is 0 Å². The molecule has 1 aromatic carbocycles. The van der Waals surface area contributed by atoms with Crippen LogP contribution in [-0.2, 0) is 14.6 Å². The van der Waals surface area contributed by atoms with Crippen molar-refractivity contribution < 1.29 is 27.5 Å². The van der Waals surface area contributed by atoms with Crippen molar-refractivity contribution in [3.05, 3.63) is 23.8 Å². The minimum Gasteiger partial charge on any atom is -0.497 e. The molecule has 26 heavy (non-hydrogen) atoms. The third-order valence-electron chi connectivity index (χ3n) is 4.65. The molecule has 0 saturated carbocycles. The SMILES string of the molecule is CC[C@H](C)N(C(=O)COc1ccc(OC)cc1C=O)[C@@H]1CCS(=O)(=O)C1. The molecule has 0 aromatic heterocycles. The van der Waals surface area contributed by atoms with E-state index in [1.54, 1.807) is 17.0 Å². The molecule has 7 nitrogen and oxygen atoms in total. The normalized spacial score (nSPS) is 19.6. The predicted octanol–water partition coefficient (Wildman–Crippen LogP) is 1.70. The molecule has 1 aliphatic heterocycles. The molecule has 1 aliphatic rings. The Balaban J connectivity index is 2.11. The van der Waals surface area contributed by atoms with E-state index in [0.717, 1.165) is 0 Å². The quantitative estimate of drug-likeness (QED) is 0.635. The Morgan fingerprint density at radius 1 is 1.42 bits per heavy atom. The fourth-order valence-corrected chi connectivity index (χ4v) is 4.80. The average Bonchev–Trinajstić information content (AvgIpc) is 2.98. The summed E-state index contributed by atoms with van der Waals surface area (Å²) in [6, 6.07) is 4.33. The molecule has 0 N–H and O–H groups in total. The van der Waals surface area contributed by atoms with Gasteiger partial charge in [0.05, 0.1) is 24.2 Å². The number of hydrogen-bond donors (Lipinski definition) is 0. The summed E-state index contributed by atoms with van der Waals surface area (Å²) in [5.41, 5.74) is 0.288. The first-order chi connectivity index (χ1) is 12.3. The average molecular weight is 383 g/mol. The number of hydrogen-bond acceptors (Lipinski definition) is 6. The predicted molar refractivity (Wildman–Crippen MR) is 97.5 cm³/mol. The van der Waals surface area contributed by atoms with Crippen molar-refractivity contribution in [2.24, 2.45) is 0 Å². The van der Waals surface area contributed by atoms with E-state index in [1.807, 2.05) is 13.8 Å². The maximum absolute atomic E-state index is 12.7. The van der Waals surface area contributed by atoms with E-state index in [1.165, 1.54) is 13.2 Å². The van der Waals surface area contributed by atoms with Crippen molar-refractivity contribution in [3.8, 4) is 11.5 Å². The summed E-state index contributed by atoms with van der Waals surface area (Å²) in [7, 11) is -1.60. The first-order valence-corrected chi connectivity index (χ1v) is 10.4. The summed E-state index contributed by atoms with van der Waals surface area (Å²) in [6.07, 6.45) is 1.79. The fraction of sp³-hybridized carbons (Fsp3) is 0.556. The highest BCUT2D eigenvalue weighted by molar-refractivity contribution is 7.91. The van der Waals surface area contributed by atoms with Crippen LogP contribution in [0.25, 0.3) is 0 Å². The monoisotopic (exact) mass is 383 g/mol. The Morgan fingerprint density at radius 3 is 2.69 bits per heavy atom. The van der Waals surface area contributed by atoms with Gasteiger partial charge in [-0.3, -0.25) is 9.59 Å². The van der Waals surface area contributed by atoms with Crippen LogP contribution in [0.1, 0.15) is 37.0 Å². The Kier molecular flexibility index (Phi) is 6.63. The summed E-state index contributed by atoms with van der Waals surface area (Å²) in [5, 5.41) is 0. The van der Waals surface area contributed by atoms with E-state index in [0.29, 0.717) is 24.9 Å². The zero-order valence-electron chi connectivity index (χ0n) is 15.3. The van der Waals surface area contributed by atoms with Crippen molar-refractivity contribution in [1.82, 2.24) is 4.90 Å². The van der Waals surface area contributed by atoms with Gasteiger partial charge in [0.2, 0.25) is 0 Å². The van der Waals surface area contributed by atoms with E-state index in [2.05, 4.69) is 0 Å². The molecular formula is C18H25NO6S. The van der Waals surface area contributed by atoms with Crippen molar-refractivity contribution in [3.63, 3.8) is 0 Å². The van der Waals surface area contributed by atoms with Crippen LogP contribution < -0.4 is 9.47 Å². The van der Waals surface area contributed by atoms with Crippen molar-refractivity contribution >= 4 is 22.0 Å². The molecule has 1 aromatic rings. The summed E-state index contributed by atoms with van der Waals surface area (Å²) in [4.78, 5) is 25.6. The molecule has 0 aliphatic carbocycles. The van der Waals surface area contributed by atoms with Crippen LogP contribution in [0.5, 0.6) is 11.5 Å². The van der Waals surface area contributed by atoms with E-state index in [4.69, 9.17) is 9.47 Å². The second-order valence-electron chi connectivity index (χ2n) is 6.43. The van der Waals surface area contributed by atoms with Crippen LogP contribution in [0, 0.1) is 0 Å². The summed E-state index contributed by atoms with van der Waals surface area (Å²) in [5.74, 6) is 0.618. The number of sulfone groups is 1. The van der Waals surface area contributed by atoms with Gasteiger partial charge in [0.15, 0.2) is 22.7 Å². The zero-order valence-corrected chi connectivity index (χ0v) is 16.1. The highest BCUT2D eigenvalue weighted by Crippen LogP contribution is 2.24. The smallest absolute Gasteiger partial charge is 0.261 e. The summed E-state index contributed by atoms with van der Waals surface area (Å²) >= 11 is 0. The first-order valence-electron chi connectivity index (χ1n) is 8.59. The molecule has 0 unspecified atom stereocenters. The molecule has 1 amide bonds. The van der Waals surface area contributed by atoms with Gasteiger partial charge in [0, 0.05) is 12.1 Å². The molecule has 144 valence electrons. The first kappa shape index (κ1) is 20.2. The number of benzene rings is 1. The highest BCUT2D eigenvalue weighted by atomic mass is 32.2. The molecule has 8 heteroatoms. The molecular weight excluding hydrogens is 358 g/mol. The second-order valence-corrected chi connectivity index (χ2v) is 8.65. The number of rotatable bonds is 8. The zero-order chi connectivity index (χ0) is 19.3. The largest absolute Gasteiger partial charge is 0.497 e. The topological polar surface area (TPSA) is 90.0 Å². The number of nitrogens with zero attached hydrogens (tertiary/aromatic N) is 1. The van der Waals surface area contributed by atoms with Gasteiger partial charge in [-0.25, -0.2) is 8.42 Å². The Morgan fingerprint density at radius 2 is 2.15 bits per heavy atom. The third-order valence-corrected chi connectivity index (χ3v) is 6.40. The number of methoxy groups -OCH3 is 1. The fourth-order valence-electron chi connectivity index (χ4n) is 3.09. The molecule has 2 atom stereocenters. The maximum atomic E-state index is 12.7. The van der Waals surface area contributed by atoms with Crippen LogP contribution in [0.4, 0.5) is 0 Å². The van der Waals surface area contributed by atoms with Crippen LogP contribution in [-0.4, -0.2) is 62.8 Å². The molecule has 0 spiro atoms. The number of ether oxygens (including phenoxy) is 2. The number of carbonyl (C=O) groups excluding carboxylic acids is 2. The Bertz CT molecular complexity index is 761. The van der Waals surface area contributed by atoms with Crippen LogP contribution in [0.3, 0.4) is 0 Å². The van der Waals surface area contributed by atoms with Crippen molar-refractivity contribution in [2.75, 3.05) is 25.2 Å². The number of carbonyl (C=O) groups is 2. The third kappa shape index (κ3) is 4.75. The van der Waals surface area contributed by atoms with Crippen LogP contribution in [0.2, 0.25) is 0 Å². The molecule has 0 bridgehead atoms. The standard InChI is InChI=1S/C18H25NO6S/c1-4-13(2)19(15-7-8-26(22,23)12-15)18(21)11-25-17-6-5-16(24-3)9-14(17)10-20/h5-6,9-10,13,15H,4,7-8,11-12H2,1-3H3/t13-,15+/m0/s1. The van der Waals surface area contributed by atoms with Gasteiger partial charge in [-0.15, -0.1) is 0 Å². The second kappa shape index (κ2) is 8.53. The van der Waals surface area contributed by atoms with E-state index < -0.39 is 9.84 Å². The van der Waals surface area contributed by atoms with Crippen LogP contribution in [0.15, 0.2) is 18.2 Å². The molecule has 0 radical (unpaired) electrons. The lowest BCUT2D eigenvalue weighted by Gasteiger charge is -2.33. The van der Waals surface area contributed by atoms with Gasteiger partial charge < -0.3 is 14.4 Å². The maximum Gasteiger partial charge on any atom is 0.261 e. The lowest BCUT2D eigenvalue weighted by molar-refractivity contribution is -0.137. The van der Waals surface area contributed by atoms with E-state index >= 15 is 0 Å². The lowest BCUT2D eigenvalue weighted by atomic mass is 10.1. The molecule has 1 saturated heterocycles. The van der Waals surface area contributed by atoms with E-state index in [9.17, 15) is 18.0 Å². The van der Waals surface area contributed by atoms with Gasteiger partial charge >= 0.3 is 0 Å². The number of aldehydes is 1. The van der Waals surface area contributed by atoms with Gasteiger partial charge in [0.25, 0.3) is 5.91 Å². The summed E-state index contributed by atoms with van der Waals surface area (Å²) < 4.78 is 34.2. The van der Waals surface area contributed by atoms with Gasteiger partial charge in [-0.05, 0) is 38.0 Å². The highest BCUT2D eigenvalue weighted by Gasteiger charge is 2.36. The molecule has 1 fully saturated rings. The summed E-state index contributed by atoms with van der Waals surface area (Å²) in [6.45, 7) is 3.59. The van der Waals surface area contributed by atoms with Gasteiger partial charge in [-0.1, -0.05) is 6.92 Å². The Labute approximate surface area is 154 Å². The Hall–Kier alpha value is -2.09. The minimum absolute atomic E-state index is 0.00873. The lowest BCUT2D eigenvalue weighted by Crippen LogP contribution is -2.48. The van der Waals surface area contributed by atoms with E-state index in [-0.39, 0.29) is 47.4 Å². The van der Waals surface area contributed by atoms with Gasteiger partial charge in [0.1, 0.15) is 11.5 Å². The molecule has 2 rings (SSSR count). The minimum atomic E-state index is -3.10. The van der Waals surface area contributed by atoms with Gasteiger partial charge in [-0.2, -0.15) is 0 Å².